The highest BCUT2D eigenvalue weighted by Crippen LogP contribution is 2.35. The van der Waals surface area contributed by atoms with E-state index in [-0.39, 0.29) is 11.9 Å². The van der Waals surface area contributed by atoms with Crippen LogP contribution in [0.2, 0.25) is 0 Å². The topological polar surface area (TPSA) is 84.1 Å². The second-order valence-electron chi connectivity index (χ2n) is 7.03. The molecule has 1 aliphatic rings. The van der Waals surface area contributed by atoms with Crippen LogP contribution in [0, 0.1) is 11.3 Å². The number of aryl methyl sites for hydroxylation is 1. The largest absolute Gasteiger partial charge is 0.491 e. The lowest BCUT2D eigenvalue weighted by Gasteiger charge is -2.09. The van der Waals surface area contributed by atoms with E-state index in [2.05, 4.69) is 10.8 Å². The van der Waals surface area contributed by atoms with Crippen molar-refractivity contribution in [2.24, 2.45) is 7.05 Å². The first-order chi connectivity index (χ1) is 13.9. The predicted molar refractivity (Wildman–Crippen MR) is 110 cm³/mol. The zero-order chi connectivity index (χ0) is 20.6. The summed E-state index contributed by atoms with van der Waals surface area (Å²) in [6, 6.07) is 14.5. The van der Waals surface area contributed by atoms with Gasteiger partial charge in [-0.2, -0.15) is 5.26 Å². The third-order valence-corrected chi connectivity index (χ3v) is 6.88. The van der Waals surface area contributed by atoms with Crippen LogP contribution in [0.4, 0.5) is 10.1 Å². The third kappa shape index (κ3) is 3.66. The molecule has 1 aromatic heterocycles. The summed E-state index contributed by atoms with van der Waals surface area (Å²) in [4.78, 5) is 0. The lowest BCUT2D eigenvalue weighted by Crippen LogP contribution is -2.17. The van der Waals surface area contributed by atoms with Gasteiger partial charge in [-0.3, -0.25) is 4.72 Å². The minimum absolute atomic E-state index is 0.0217. The number of nitrogens with one attached hydrogen (secondary N) is 1. The Bertz CT molecular complexity index is 1210. The van der Waals surface area contributed by atoms with E-state index in [0.717, 1.165) is 22.2 Å². The average Bonchev–Trinajstić information content (AvgIpc) is 3.53. The van der Waals surface area contributed by atoms with Crippen molar-refractivity contribution in [2.45, 2.75) is 18.1 Å². The fourth-order valence-corrected chi connectivity index (χ4v) is 4.82. The van der Waals surface area contributed by atoms with Crippen molar-refractivity contribution in [1.29, 1.82) is 5.26 Å². The van der Waals surface area contributed by atoms with Gasteiger partial charge in [0.25, 0.3) is 0 Å². The van der Waals surface area contributed by atoms with Crippen LogP contribution in [0.5, 0.6) is 5.75 Å². The van der Waals surface area contributed by atoms with Crippen molar-refractivity contribution < 1.29 is 17.5 Å². The highest BCUT2D eigenvalue weighted by molar-refractivity contribution is 7.93. The first kappa shape index (κ1) is 19.3. The maximum atomic E-state index is 12.4. The molecule has 0 unspecified atom stereocenters. The fourth-order valence-electron chi connectivity index (χ4n) is 3.44. The number of halogens is 1. The molecule has 0 spiro atoms. The zero-order valence-corrected chi connectivity index (χ0v) is 16.7. The minimum atomic E-state index is -3.32. The van der Waals surface area contributed by atoms with Crippen LogP contribution in [0.25, 0.3) is 22.2 Å². The van der Waals surface area contributed by atoms with E-state index in [1.807, 2.05) is 11.6 Å². The molecule has 0 bridgehead atoms. The maximum Gasteiger partial charge on any atom is 0.235 e. The minimum Gasteiger partial charge on any atom is -0.491 e. The number of benzene rings is 2. The molecule has 3 aromatic rings. The summed E-state index contributed by atoms with van der Waals surface area (Å²) < 4.78 is 46.4. The Morgan fingerprint density at radius 1 is 1.24 bits per heavy atom. The lowest BCUT2D eigenvalue weighted by molar-refractivity contribution is 0.273. The molecular weight excluding hydrogens is 393 g/mol. The molecule has 1 aliphatic carbocycles. The number of aromatic nitrogens is 1. The summed E-state index contributed by atoms with van der Waals surface area (Å²) in [5.41, 5.74) is 3.33. The van der Waals surface area contributed by atoms with Gasteiger partial charge in [0.2, 0.25) is 10.0 Å². The Kier molecular flexibility index (Phi) is 4.92. The van der Waals surface area contributed by atoms with Gasteiger partial charge in [0.15, 0.2) is 0 Å². The summed E-state index contributed by atoms with van der Waals surface area (Å²) in [5, 5.41) is 10.2. The summed E-state index contributed by atoms with van der Waals surface area (Å²) in [6.45, 7) is -0.594. The molecule has 2 aromatic carbocycles. The van der Waals surface area contributed by atoms with Crippen LogP contribution in [0.3, 0.4) is 0 Å². The van der Waals surface area contributed by atoms with E-state index in [1.54, 1.807) is 42.5 Å². The number of ether oxygens (including phenoxy) is 1. The molecule has 1 saturated carbocycles. The van der Waals surface area contributed by atoms with E-state index >= 15 is 0 Å². The number of fused-ring (bicyclic) bond motifs is 1. The maximum absolute atomic E-state index is 12.4. The Labute approximate surface area is 168 Å². The fraction of sp³-hybridized carbons (Fsp3) is 0.286. The number of hydrogen-bond acceptors (Lipinski definition) is 4. The molecule has 0 saturated heterocycles. The Balaban J connectivity index is 1.71. The van der Waals surface area contributed by atoms with Crippen molar-refractivity contribution >= 4 is 26.6 Å². The Morgan fingerprint density at radius 2 is 1.97 bits per heavy atom. The number of nitrogens with zero attached hydrogens (tertiary/aromatic N) is 2. The highest BCUT2D eigenvalue weighted by atomic mass is 32.2. The highest BCUT2D eigenvalue weighted by Gasteiger charge is 2.35. The number of sulfonamides is 1. The van der Waals surface area contributed by atoms with Crippen molar-refractivity contribution in [3.8, 4) is 23.1 Å². The van der Waals surface area contributed by atoms with Crippen LogP contribution < -0.4 is 9.46 Å². The standard InChI is InChI=1S/C21H20FN3O3S/c1-25-20-12-16(28-11-10-22)6-9-18(20)19(13-23)21(25)14-2-4-15(5-3-14)24-29(26,27)17-7-8-17/h2-6,9,12,17,24H,7-8,10-11H2,1H3. The van der Waals surface area contributed by atoms with Crippen molar-refractivity contribution in [3.63, 3.8) is 0 Å². The van der Waals surface area contributed by atoms with Gasteiger partial charge in [-0.05, 0) is 42.7 Å². The van der Waals surface area contributed by atoms with Gasteiger partial charge in [0, 0.05) is 24.2 Å². The third-order valence-electron chi connectivity index (χ3n) is 5.01. The van der Waals surface area contributed by atoms with Gasteiger partial charge in [-0.25, -0.2) is 12.8 Å². The molecule has 4 rings (SSSR count). The first-order valence-corrected chi connectivity index (χ1v) is 10.8. The number of rotatable bonds is 7. The Morgan fingerprint density at radius 3 is 2.59 bits per heavy atom. The molecule has 0 radical (unpaired) electrons. The normalized spacial score (nSPS) is 14.0. The van der Waals surface area contributed by atoms with E-state index < -0.39 is 16.7 Å². The zero-order valence-electron chi connectivity index (χ0n) is 15.9. The van der Waals surface area contributed by atoms with Gasteiger partial charge in [-0.1, -0.05) is 12.1 Å². The SMILES string of the molecule is Cn1c(-c2ccc(NS(=O)(=O)C3CC3)cc2)c(C#N)c2ccc(OCCF)cc21. The molecular formula is C21H20FN3O3S. The molecule has 1 heterocycles. The van der Waals surface area contributed by atoms with Crippen LogP contribution in [-0.2, 0) is 17.1 Å². The summed E-state index contributed by atoms with van der Waals surface area (Å²) in [7, 11) is -1.47. The average molecular weight is 413 g/mol. The van der Waals surface area contributed by atoms with Gasteiger partial charge < -0.3 is 9.30 Å². The molecule has 0 atom stereocenters. The summed E-state index contributed by atoms with van der Waals surface area (Å²) in [6.07, 6.45) is 1.40. The number of nitriles is 1. The van der Waals surface area contributed by atoms with Crippen LogP contribution in [0.15, 0.2) is 42.5 Å². The second kappa shape index (κ2) is 7.41. The van der Waals surface area contributed by atoms with E-state index in [9.17, 15) is 18.1 Å². The molecule has 8 heteroatoms. The number of hydrogen-bond donors (Lipinski definition) is 1. The molecule has 150 valence electrons. The van der Waals surface area contributed by atoms with Crippen molar-refractivity contribution in [2.75, 3.05) is 18.0 Å². The predicted octanol–water partition coefficient (Wildman–Crippen LogP) is 3.97. The molecule has 0 aliphatic heterocycles. The lowest BCUT2D eigenvalue weighted by atomic mass is 10.1. The second-order valence-corrected chi connectivity index (χ2v) is 9.00. The van der Waals surface area contributed by atoms with E-state index in [4.69, 9.17) is 4.74 Å². The quantitative estimate of drug-likeness (QED) is 0.635. The van der Waals surface area contributed by atoms with Crippen LogP contribution in [0.1, 0.15) is 18.4 Å². The van der Waals surface area contributed by atoms with Gasteiger partial charge in [0.05, 0.1) is 22.0 Å². The summed E-state index contributed by atoms with van der Waals surface area (Å²) >= 11 is 0. The monoisotopic (exact) mass is 413 g/mol. The van der Waals surface area contributed by atoms with Gasteiger partial charge in [0.1, 0.15) is 25.1 Å². The van der Waals surface area contributed by atoms with Crippen molar-refractivity contribution in [1.82, 2.24) is 4.57 Å². The molecule has 29 heavy (non-hydrogen) atoms. The van der Waals surface area contributed by atoms with Crippen LogP contribution in [-0.4, -0.2) is 31.5 Å². The van der Waals surface area contributed by atoms with E-state index in [1.165, 1.54) is 0 Å². The summed E-state index contributed by atoms with van der Waals surface area (Å²) in [5.74, 6) is 0.539. The first-order valence-electron chi connectivity index (χ1n) is 9.28. The molecule has 1 N–H and O–H groups in total. The molecule has 6 nitrogen and oxygen atoms in total. The number of anilines is 1. The number of alkyl halides is 1. The van der Waals surface area contributed by atoms with Crippen molar-refractivity contribution in [3.05, 3.63) is 48.0 Å². The smallest absolute Gasteiger partial charge is 0.235 e. The van der Waals surface area contributed by atoms with Crippen LogP contribution >= 0.6 is 0 Å². The molecule has 1 fully saturated rings. The molecule has 0 amide bonds. The van der Waals surface area contributed by atoms with Gasteiger partial charge in [-0.15, -0.1) is 0 Å². The van der Waals surface area contributed by atoms with E-state index in [0.29, 0.717) is 29.8 Å². The van der Waals surface area contributed by atoms with Gasteiger partial charge >= 0.3 is 0 Å². The Hall–Kier alpha value is -3.05.